The van der Waals surface area contributed by atoms with E-state index in [0.29, 0.717) is 6.61 Å². The van der Waals surface area contributed by atoms with Crippen LogP contribution in [-0.2, 0) is 16.6 Å². The molecule has 0 radical (unpaired) electrons. The van der Waals surface area contributed by atoms with Crippen LogP contribution >= 0.6 is 0 Å². The highest BCUT2D eigenvalue weighted by Gasteiger charge is 2.20. The number of hydrogen-bond acceptors (Lipinski definition) is 3. The SMILES string of the molecule is CCOC(=O)C[C@H](C#N)c1cn(C)c2ccccc12. The van der Waals surface area contributed by atoms with Crippen molar-refractivity contribution in [3.05, 3.63) is 36.0 Å². The van der Waals surface area contributed by atoms with Gasteiger partial charge in [-0.3, -0.25) is 4.79 Å². The number of esters is 1. The molecule has 0 saturated heterocycles. The van der Waals surface area contributed by atoms with Crippen LogP contribution in [0.1, 0.15) is 24.8 Å². The Balaban J connectivity index is 2.37. The zero-order valence-corrected chi connectivity index (χ0v) is 11.1. The van der Waals surface area contributed by atoms with Gasteiger partial charge in [0.05, 0.1) is 25.0 Å². The molecular weight excluding hydrogens is 240 g/mol. The molecule has 2 rings (SSSR count). The van der Waals surface area contributed by atoms with Gasteiger partial charge in [-0.15, -0.1) is 0 Å². The third-order valence-corrected chi connectivity index (χ3v) is 3.14. The Kier molecular flexibility index (Phi) is 3.86. The molecule has 0 aliphatic carbocycles. The molecule has 1 atom stereocenters. The van der Waals surface area contributed by atoms with Gasteiger partial charge < -0.3 is 9.30 Å². The number of carbonyl (C=O) groups is 1. The molecule has 2 aromatic rings. The average molecular weight is 256 g/mol. The molecule has 1 aromatic heterocycles. The van der Waals surface area contributed by atoms with Gasteiger partial charge in [0.1, 0.15) is 0 Å². The van der Waals surface area contributed by atoms with Crippen molar-refractivity contribution in [3.63, 3.8) is 0 Å². The Morgan fingerprint density at radius 3 is 2.89 bits per heavy atom. The second-order valence-corrected chi connectivity index (χ2v) is 4.40. The lowest BCUT2D eigenvalue weighted by Gasteiger charge is -2.07. The summed E-state index contributed by atoms with van der Waals surface area (Å²) in [4.78, 5) is 11.5. The molecule has 0 bridgehead atoms. The Bertz CT molecular complexity index is 637. The largest absolute Gasteiger partial charge is 0.466 e. The Labute approximate surface area is 112 Å². The molecule has 0 spiro atoms. The lowest BCUT2D eigenvalue weighted by atomic mass is 9.97. The highest BCUT2D eigenvalue weighted by Crippen LogP contribution is 2.29. The zero-order valence-electron chi connectivity index (χ0n) is 11.1. The molecule has 19 heavy (non-hydrogen) atoms. The lowest BCUT2D eigenvalue weighted by Crippen LogP contribution is -2.09. The average Bonchev–Trinajstić information content (AvgIpc) is 2.74. The smallest absolute Gasteiger partial charge is 0.307 e. The summed E-state index contributed by atoms with van der Waals surface area (Å²) in [5.74, 6) is -0.799. The standard InChI is InChI=1S/C15H16N2O2/c1-3-19-15(18)8-11(9-16)13-10-17(2)14-7-5-4-6-12(13)14/h4-7,10-11H,3,8H2,1-2H3/t11-/m1/s1. The topological polar surface area (TPSA) is 55.0 Å². The number of fused-ring (bicyclic) bond motifs is 1. The van der Waals surface area contributed by atoms with Gasteiger partial charge in [0.25, 0.3) is 0 Å². The minimum atomic E-state index is -0.467. The van der Waals surface area contributed by atoms with E-state index in [1.165, 1.54) is 0 Å². The Morgan fingerprint density at radius 2 is 2.21 bits per heavy atom. The molecule has 0 N–H and O–H groups in total. The first-order chi connectivity index (χ1) is 9.17. The zero-order chi connectivity index (χ0) is 13.8. The van der Waals surface area contributed by atoms with Crippen LogP contribution in [0.4, 0.5) is 0 Å². The molecule has 98 valence electrons. The van der Waals surface area contributed by atoms with E-state index in [2.05, 4.69) is 6.07 Å². The normalized spacial score (nSPS) is 12.1. The van der Waals surface area contributed by atoms with Gasteiger partial charge in [-0.25, -0.2) is 0 Å². The van der Waals surface area contributed by atoms with Gasteiger partial charge in [0, 0.05) is 24.1 Å². The van der Waals surface area contributed by atoms with Crippen LogP contribution in [0, 0.1) is 11.3 Å². The number of nitrogens with zero attached hydrogens (tertiary/aromatic N) is 2. The van der Waals surface area contributed by atoms with Gasteiger partial charge in [-0.1, -0.05) is 18.2 Å². The third kappa shape index (κ3) is 2.60. The van der Waals surface area contributed by atoms with E-state index in [4.69, 9.17) is 4.74 Å². The van der Waals surface area contributed by atoms with Gasteiger partial charge in [0.2, 0.25) is 0 Å². The number of hydrogen-bond donors (Lipinski definition) is 0. The van der Waals surface area contributed by atoms with E-state index in [-0.39, 0.29) is 12.4 Å². The van der Waals surface area contributed by atoms with E-state index < -0.39 is 5.92 Å². The van der Waals surface area contributed by atoms with E-state index >= 15 is 0 Å². The summed E-state index contributed by atoms with van der Waals surface area (Å²) in [6.07, 6.45) is 2.01. The first-order valence-corrected chi connectivity index (χ1v) is 6.26. The molecule has 0 aliphatic rings. The van der Waals surface area contributed by atoms with E-state index in [0.717, 1.165) is 16.5 Å². The van der Waals surface area contributed by atoms with Crippen LogP contribution in [0.3, 0.4) is 0 Å². The number of carbonyl (C=O) groups excluding carboxylic acids is 1. The fraction of sp³-hybridized carbons (Fsp3) is 0.333. The summed E-state index contributed by atoms with van der Waals surface area (Å²) < 4.78 is 6.89. The predicted octanol–water partition coefficient (Wildman–Crippen LogP) is 2.74. The quantitative estimate of drug-likeness (QED) is 0.790. The minimum absolute atomic E-state index is 0.0956. The summed E-state index contributed by atoms with van der Waals surface area (Å²) in [6.45, 7) is 2.10. The van der Waals surface area contributed by atoms with Gasteiger partial charge in [-0.05, 0) is 18.6 Å². The first-order valence-electron chi connectivity index (χ1n) is 6.26. The molecule has 0 aliphatic heterocycles. The van der Waals surface area contributed by atoms with Crippen molar-refractivity contribution < 1.29 is 9.53 Å². The fourth-order valence-electron chi connectivity index (χ4n) is 2.26. The number of aryl methyl sites for hydroxylation is 1. The third-order valence-electron chi connectivity index (χ3n) is 3.14. The van der Waals surface area contributed by atoms with Crippen LogP contribution in [0.25, 0.3) is 10.9 Å². The number of nitriles is 1. The summed E-state index contributed by atoms with van der Waals surface area (Å²) in [7, 11) is 1.94. The van der Waals surface area contributed by atoms with E-state index in [1.54, 1.807) is 6.92 Å². The van der Waals surface area contributed by atoms with E-state index in [9.17, 15) is 10.1 Å². The summed E-state index contributed by atoms with van der Waals surface area (Å²) in [5, 5.41) is 10.3. The molecule has 1 aromatic carbocycles. The monoisotopic (exact) mass is 256 g/mol. The van der Waals surface area contributed by atoms with Gasteiger partial charge in [-0.2, -0.15) is 5.26 Å². The first kappa shape index (κ1) is 13.2. The molecule has 0 amide bonds. The molecule has 1 heterocycles. The van der Waals surface area contributed by atoms with Crippen molar-refractivity contribution >= 4 is 16.9 Å². The maximum atomic E-state index is 11.5. The van der Waals surface area contributed by atoms with Crippen LogP contribution in [0.2, 0.25) is 0 Å². The number of rotatable bonds is 4. The van der Waals surface area contributed by atoms with E-state index in [1.807, 2.05) is 42.1 Å². The number of ether oxygens (including phenoxy) is 1. The second kappa shape index (κ2) is 5.57. The highest BCUT2D eigenvalue weighted by molar-refractivity contribution is 5.85. The molecule has 4 nitrogen and oxygen atoms in total. The summed E-state index contributed by atoms with van der Waals surface area (Å²) >= 11 is 0. The lowest BCUT2D eigenvalue weighted by molar-refractivity contribution is -0.143. The molecule has 4 heteroatoms. The predicted molar refractivity (Wildman–Crippen MR) is 72.5 cm³/mol. The van der Waals surface area contributed by atoms with Gasteiger partial charge >= 0.3 is 5.97 Å². The molecule has 0 unspecified atom stereocenters. The fourth-order valence-corrected chi connectivity index (χ4v) is 2.26. The van der Waals surface area contributed by atoms with Crippen molar-refractivity contribution in [2.75, 3.05) is 6.61 Å². The van der Waals surface area contributed by atoms with Crippen LogP contribution in [0.15, 0.2) is 30.5 Å². The van der Waals surface area contributed by atoms with Crippen LogP contribution in [-0.4, -0.2) is 17.1 Å². The Morgan fingerprint density at radius 1 is 1.47 bits per heavy atom. The number of aromatic nitrogens is 1. The van der Waals surface area contributed by atoms with Crippen molar-refractivity contribution in [3.8, 4) is 6.07 Å². The Hall–Kier alpha value is -2.28. The summed E-state index contributed by atoms with van der Waals surface area (Å²) in [6, 6.07) is 10.1. The van der Waals surface area contributed by atoms with Crippen molar-refractivity contribution in [2.45, 2.75) is 19.3 Å². The molecular formula is C15H16N2O2. The van der Waals surface area contributed by atoms with Crippen molar-refractivity contribution in [2.24, 2.45) is 7.05 Å². The van der Waals surface area contributed by atoms with Crippen molar-refractivity contribution in [1.29, 1.82) is 5.26 Å². The molecule has 0 fully saturated rings. The minimum Gasteiger partial charge on any atom is -0.466 e. The van der Waals surface area contributed by atoms with Gasteiger partial charge in [0.15, 0.2) is 0 Å². The number of benzene rings is 1. The van der Waals surface area contributed by atoms with Crippen LogP contribution < -0.4 is 0 Å². The number of para-hydroxylation sites is 1. The second-order valence-electron chi connectivity index (χ2n) is 4.40. The highest BCUT2D eigenvalue weighted by atomic mass is 16.5. The van der Waals surface area contributed by atoms with Crippen molar-refractivity contribution in [1.82, 2.24) is 4.57 Å². The summed E-state index contributed by atoms with van der Waals surface area (Å²) in [5.41, 5.74) is 1.94. The van der Waals surface area contributed by atoms with Crippen LogP contribution in [0.5, 0.6) is 0 Å². The maximum absolute atomic E-state index is 11.5. The maximum Gasteiger partial charge on any atom is 0.307 e. The molecule has 0 saturated carbocycles.